The number of carbonyl (C=O) groups excluding carboxylic acids is 2. The molecule has 2 unspecified atom stereocenters. The van der Waals surface area contributed by atoms with E-state index in [1.807, 2.05) is 27.7 Å². The maximum absolute atomic E-state index is 13.0. The molecule has 0 radical (unpaired) electrons. The molecular formula is C19H32N2O3. The molecule has 5 heteroatoms. The maximum atomic E-state index is 13.0. The van der Waals surface area contributed by atoms with Crippen molar-refractivity contribution in [2.45, 2.75) is 78.8 Å². The number of rotatable bonds is 2. The highest BCUT2D eigenvalue weighted by molar-refractivity contribution is 6.08. The van der Waals surface area contributed by atoms with Crippen molar-refractivity contribution in [1.82, 2.24) is 9.96 Å². The summed E-state index contributed by atoms with van der Waals surface area (Å²) in [4.78, 5) is 27.1. The molecule has 1 spiro atoms. The third-order valence-electron chi connectivity index (χ3n) is 7.41. The zero-order valence-electron chi connectivity index (χ0n) is 16.1. The summed E-state index contributed by atoms with van der Waals surface area (Å²) in [6.45, 7) is 14.8. The van der Waals surface area contributed by atoms with Crippen LogP contribution in [0, 0.1) is 22.7 Å². The number of piperidine rings is 1. The summed E-state index contributed by atoms with van der Waals surface area (Å²) in [6.07, 6.45) is 1.91. The summed E-state index contributed by atoms with van der Waals surface area (Å²) >= 11 is 0. The second-order valence-electron chi connectivity index (χ2n) is 10.1. The van der Waals surface area contributed by atoms with Crippen molar-refractivity contribution in [3.63, 3.8) is 0 Å². The number of likely N-dealkylation sites (tertiary alicyclic amines) is 1. The lowest BCUT2D eigenvalue weighted by molar-refractivity contribution is -0.251. The van der Waals surface area contributed by atoms with Crippen molar-refractivity contribution in [2.75, 3.05) is 6.54 Å². The summed E-state index contributed by atoms with van der Waals surface area (Å²) < 4.78 is 0. The van der Waals surface area contributed by atoms with Gasteiger partial charge in [-0.3, -0.25) is 14.5 Å². The van der Waals surface area contributed by atoms with E-state index in [1.165, 1.54) is 9.96 Å². The average Bonchev–Trinajstić information content (AvgIpc) is 2.72. The molecular weight excluding hydrogens is 304 g/mol. The third kappa shape index (κ3) is 2.13. The number of imide groups is 1. The lowest BCUT2D eigenvalue weighted by Crippen LogP contribution is -2.60. The van der Waals surface area contributed by atoms with Gasteiger partial charge in [-0.1, -0.05) is 20.8 Å². The van der Waals surface area contributed by atoms with Crippen LogP contribution < -0.4 is 0 Å². The molecule has 0 aromatic rings. The summed E-state index contributed by atoms with van der Waals surface area (Å²) in [5.74, 6) is 0.503. The molecule has 5 nitrogen and oxygen atoms in total. The lowest BCUT2D eigenvalue weighted by atomic mass is 9.75. The fraction of sp³-hybridized carbons (Fsp3) is 0.895. The number of hydroxylamine groups is 2. The van der Waals surface area contributed by atoms with Crippen LogP contribution in [0.15, 0.2) is 0 Å². The smallest absolute Gasteiger partial charge is 0.236 e. The first-order valence-corrected chi connectivity index (χ1v) is 9.11. The van der Waals surface area contributed by atoms with Gasteiger partial charge < -0.3 is 5.21 Å². The minimum Gasteiger partial charge on any atom is -0.313 e. The first-order chi connectivity index (χ1) is 10.8. The van der Waals surface area contributed by atoms with E-state index in [-0.39, 0.29) is 40.1 Å². The van der Waals surface area contributed by atoms with E-state index in [2.05, 4.69) is 20.8 Å². The SMILES string of the molecule is CC1C(C)(C)C12CC(=O)N(CC1CC(C)(C)N(O)C(C)(C)C1)C2=O. The molecule has 136 valence electrons. The highest BCUT2D eigenvalue weighted by Gasteiger charge is 2.77. The summed E-state index contributed by atoms with van der Waals surface area (Å²) in [5, 5.41) is 11.9. The number of amides is 2. The molecule has 3 aliphatic rings. The van der Waals surface area contributed by atoms with Gasteiger partial charge in [-0.2, -0.15) is 5.06 Å². The zero-order chi connectivity index (χ0) is 18.3. The van der Waals surface area contributed by atoms with Crippen LogP contribution in [-0.2, 0) is 9.59 Å². The first-order valence-electron chi connectivity index (χ1n) is 9.11. The Bertz CT molecular complexity index is 577. The Labute approximate surface area is 145 Å². The number of hydrogen-bond acceptors (Lipinski definition) is 4. The highest BCUT2D eigenvalue weighted by Crippen LogP contribution is 2.73. The summed E-state index contributed by atoms with van der Waals surface area (Å²) in [5.41, 5.74) is -1.27. The quantitative estimate of drug-likeness (QED) is 0.787. The van der Waals surface area contributed by atoms with Crippen LogP contribution in [0.5, 0.6) is 0 Å². The van der Waals surface area contributed by atoms with Crippen LogP contribution >= 0.6 is 0 Å². The van der Waals surface area contributed by atoms with Gasteiger partial charge in [0, 0.05) is 24.0 Å². The number of carbonyl (C=O) groups is 2. The molecule has 1 N–H and O–H groups in total. The average molecular weight is 336 g/mol. The molecule has 24 heavy (non-hydrogen) atoms. The predicted molar refractivity (Wildman–Crippen MR) is 91.2 cm³/mol. The van der Waals surface area contributed by atoms with Crippen LogP contribution in [-0.4, -0.2) is 44.6 Å². The lowest BCUT2D eigenvalue weighted by Gasteiger charge is -2.52. The monoisotopic (exact) mass is 336 g/mol. The minimum absolute atomic E-state index is 0.0144. The van der Waals surface area contributed by atoms with Gasteiger partial charge in [-0.15, -0.1) is 0 Å². The van der Waals surface area contributed by atoms with E-state index in [0.29, 0.717) is 13.0 Å². The van der Waals surface area contributed by atoms with Crippen molar-refractivity contribution >= 4 is 11.8 Å². The van der Waals surface area contributed by atoms with Crippen molar-refractivity contribution < 1.29 is 14.8 Å². The fourth-order valence-electron chi connectivity index (χ4n) is 5.78. The summed E-state index contributed by atoms with van der Waals surface area (Å²) in [6, 6.07) is 0. The van der Waals surface area contributed by atoms with E-state index < -0.39 is 5.41 Å². The molecule has 0 aromatic heterocycles. The molecule has 0 aromatic carbocycles. The van der Waals surface area contributed by atoms with E-state index in [0.717, 1.165) is 12.8 Å². The molecule has 1 saturated carbocycles. The van der Waals surface area contributed by atoms with Crippen molar-refractivity contribution in [3.8, 4) is 0 Å². The van der Waals surface area contributed by atoms with Gasteiger partial charge in [-0.05, 0) is 57.8 Å². The Morgan fingerprint density at radius 3 is 1.88 bits per heavy atom. The Morgan fingerprint density at radius 1 is 1.04 bits per heavy atom. The van der Waals surface area contributed by atoms with Gasteiger partial charge in [0.1, 0.15) is 0 Å². The van der Waals surface area contributed by atoms with Crippen molar-refractivity contribution in [3.05, 3.63) is 0 Å². The normalized spacial score (nSPS) is 38.2. The van der Waals surface area contributed by atoms with Gasteiger partial charge in [0.05, 0.1) is 5.41 Å². The first kappa shape index (κ1) is 17.9. The van der Waals surface area contributed by atoms with Crippen LogP contribution in [0.25, 0.3) is 0 Å². The second-order valence-corrected chi connectivity index (χ2v) is 10.1. The Morgan fingerprint density at radius 2 is 1.50 bits per heavy atom. The molecule has 3 rings (SSSR count). The van der Waals surface area contributed by atoms with E-state index >= 15 is 0 Å². The molecule has 0 bridgehead atoms. The largest absolute Gasteiger partial charge is 0.313 e. The zero-order valence-corrected chi connectivity index (χ0v) is 16.1. The molecule has 2 heterocycles. The van der Waals surface area contributed by atoms with Crippen LogP contribution in [0.3, 0.4) is 0 Å². The highest BCUT2D eigenvalue weighted by atomic mass is 16.5. The third-order valence-corrected chi connectivity index (χ3v) is 7.41. The predicted octanol–water partition coefficient (Wildman–Crippen LogP) is 3.07. The summed E-state index contributed by atoms with van der Waals surface area (Å²) in [7, 11) is 0. The van der Waals surface area contributed by atoms with Crippen LogP contribution in [0.4, 0.5) is 0 Å². The topological polar surface area (TPSA) is 60.9 Å². The van der Waals surface area contributed by atoms with Gasteiger partial charge in [0.15, 0.2) is 0 Å². The second kappa shape index (κ2) is 4.82. The van der Waals surface area contributed by atoms with Crippen LogP contribution in [0.2, 0.25) is 0 Å². The fourth-order valence-corrected chi connectivity index (χ4v) is 5.78. The molecule has 3 fully saturated rings. The van der Waals surface area contributed by atoms with Gasteiger partial charge in [0.2, 0.25) is 11.8 Å². The standard InChI is InChI=1S/C19H32N2O3/c1-12-18(6,7)19(12)10-14(22)20(15(19)23)11-13-8-16(2,3)21(24)17(4,5)9-13/h12-13,24H,8-11H2,1-7H3. The van der Waals surface area contributed by atoms with E-state index in [4.69, 9.17) is 0 Å². The number of nitrogens with zero attached hydrogens (tertiary/aromatic N) is 2. The minimum atomic E-state index is -0.465. The Hall–Kier alpha value is -0.940. The molecule has 1 aliphatic carbocycles. The molecule has 2 amide bonds. The van der Waals surface area contributed by atoms with Crippen LogP contribution in [0.1, 0.15) is 67.7 Å². The van der Waals surface area contributed by atoms with E-state index in [9.17, 15) is 14.8 Å². The van der Waals surface area contributed by atoms with Crippen molar-refractivity contribution in [1.29, 1.82) is 0 Å². The maximum Gasteiger partial charge on any atom is 0.236 e. The van der Waals surface area contributed by atoms with Gasteiger partial charge >= 0.3 is 0 Å². The number of hydrogen-bond donors (Lipinski definition) is 1. The molecule has 2 aliphatic heterocycles. The van der Waals surface area contributed by atoms with Gasteiger partial charge in [-0.25, -0.2) is 0 Å². The Kier molecular flexibility index (Phi) is 3.59. The Balaban J connectivity index is 1.78. The van der Waals surface area contributed by atoms with Gasteiger partial charge in [0.25, 0.3) is 0 Å². The van der Waals surface area contributed by atoms with E-state index in [1.54, 1.807) is 0 Å². The molecule has 2 atom stereocenters. The van der Waals surface area contributed by atoms with Crippen molar-refractivity contribution in [2.24, 2.45) is 22.7 Å². The molecule has 2 saturated heterocycles.